The van der Waals surface area contributed by atoms with E-state index in [9.17, 15) is 4.79 Å². The van der Waals surface area contributed by atoms with Gasteiger partial charge in [-0.3, -0.25) is 4.79 Å². The molecule has 0 aliphatic carbocycles. The second-order valence-electron chi connectivity index (χ2n) is 3.55. The van der Waals surface area contributed by atoms with Crippen molar-refractivity contribution in [2.75, 3.05) is 0 Å². The number of halogens is 3. The Bertz CT molecular complexity index is 637. The third-order valence-corrected chi connectivity index (χ3v) is 3.64. The van der Waals surface area contributed by atoms with Gasteiger partial charge in [-0.05, 0) is 24.3 Å². The summed E-state index contributed by atoms with van der Waals surface area (Å²) in [5.74, 6) is 0. The highest BCUT2D eigenvalue weighted by atomic mass is 79.9. The molecular formula is C12H8BrCl2NO. The molecule has 1 heterocycles. The molecule has 0 bridgehead atoms. The first-order valence-electron chi connectivity index (χ1n) is 4.81. The molecule has 0 fully saturated rings. The summed E-state index contributed by atoms with van der Waals surface area (Å²) < 4.78 is 2.35. The van der Waals surface area contributed by atoms with E-state index >= 15 is 0 Å². The van der Waals surface area contributed by atoms with Gasteiger partial charge in [0.25, 0.3) is 5.56 Å². The van der Waals surface area contributed by atoms with Gasteiger partial charge in [-0.15, -0.1) is 0 Å². The average molecular weight is 333 g/mol. The predicted octanol–water partition coefficient (Wildman–Crippen LogP) is 4.12. The molecule has 1 aromatic carbocycles. The van der Waals surface area contributed by atoms with Gasteiger partial charge in [0.1, 0.15) is 5.02 Å². The number of benzene rings is 1. The first kappa shape index (κ1) is 12.7. The Hall–Kier alpha value is -0.770. The fourth-order valence-electron chi connectivity index (χ4n) is 1.57. The van der Waals surface area contributed by atoms with Crippen molar-refractivity contribution in [3.8, 4) is 11.3 Å². The van der Waals surface area contributed by atoms with Gasteiger partial charge in [0.05, 0.1) is 5.69 Å². The zero-order valence-corrected chi connectivity index (χ0v) is 12.0. The Labute approximate surface area is 117 Å². The van der Waals surface area contributed by atoms with Crippen molar-refractivity contribution < 1.29 is 0 Å². The van der Waals surface area contributed by atoms with Crippen molar-refractivity contribution >= 4 is 39.1 Å². The van der Waals surface area contributed by atoms with Crippen LogP contribution in [-0.4, -0.2) is 4.57 Å². The van der Waals surface area contributed by atoms with Crippen LogP contribution in [0.15, 0.2) is 39.6 Å². The molecule has 0 unspecified atom stereocenters. The maximum atomic E-state index is 11.7. The minimum atomic E-state index is -0.217. The second-order valence-corrected chi connectivity index (χ2v) is 5.25. The van der Waals surface area contributed by atoms with Crippen LogP contribution >= 0.6 is 39.1 Å². The molecule has 0 N–H and O–H groups in total. The van der Waals surface area contributed by atoms with Gasteiger partial charge in [0.2, 0.25) is 0 Å². The molecule has 2 nitrogen and oxygen atoms in total. The maximum absolute atomic E-state index is 11.7. The molecule has 0 aliphatic rings. The lowest BCUT2D eigenvalue weighted by Crippen LogP contribution is -2.18. The van der Waals surface area contributed by atoms with Crippen LogP contribution in [0.5, 0.6) is 0 Å². The molecule has 0 atom stereocenters. The van der Waals surface area contributed by atoms with E-state index in [1.807, 2.05) is 6.07 Å². The fourth-order valence-corrected chi connectivity index (χ4v) is 2.65. The van der Waals surface area contributed by atoms with Gasteiger partial charge >= 0.3 is 0 Å². The van der Waals surface area contributed by atoms with Gasteiger partial charge in [0.15, 0.2) is 0 Å². The molecule has 2 rings (SSSR count). The quantitative estimate of drug-likeness (QED) is 0.769. The molecular weight excluding hydrogens is 325 g/mol. The van der Waals surface area contributed by atoms with Gasteiger partial charge < -0.3 is 4.57 Å². The van der Waals surface area contributed by atoms with Gasteiger partial charge in [-0.25, -0.2) is 0 Å². The molecule has 88 valence electrons. The van der Waals surface area contributed by atoms with Crippen LogP contribution < -0.4 is 5.56 Å². The number of hydrogen-bond acceptors (Lipinski definition) is 1. The van der Waals surface area contributed by atoms with Crippen molar-refractivity contribution in [2.24, 2.45) is 7.05 Å². The van der Waals surface area contributed by atoms with Crippen molar-refractivity contribution in [3.63, 3.8) is 0 Å². The Morgan fingerprint density at radius 1 is 1.18 bits per heavy atom. The summed E-state index contributed by atoms with van der Waals surface area (Å²) in [6, 6.07) is 8.82. The first-order valence-corrected chi connectivity index (χ1v) is 6.36. The SMILES string of the molecule is Cn1c(-c2ccc(Cl)cc2Br)ccc(Cl)c1=O. The summed E-state index contributed by atoms with van der Waals surface area (Å²) in [6.45, 7) is 0. The highest BCUT2D eigenvalue weighted by Gasteiger charge is 2.09. The fraction of sp³-hybridized carbons (Fsp3) is 0.0833. The van der Waals surface area contributed by atoms with Gasteiger partial charge in [-0.2, -0.15) is 0 Å². The summed E-state index contributed by atoms with van der Waals surface area (Å²) in [7, 11) is 1.69. The van der Waals surface area contributed by atoms with Crippen molar-refractivity contribution in [2.45, 2.75) is 0 Å². The number of pyridine rings is 1. The van der Waals surface area contributed by atoms with E-state index in [1.54, 1.807) is 31.3 Å². The van der Waals surface area contributed by atoms with E-state index in [0.717, 1.165) is 15.7 Å². The zero-order chi connectivity index (χ0) is 12.6. The molecule has 0 aliphatic heterocycles. The number of rotatable bonds is 1. The number of nitrogens with zero attached hydrogens (tertiary/aromatic N) is 1. The normalized spacial score (nSPS) is 10.6. The molecule has 0 spiro atoms. The van der Waals surface area contributed by atoms with E-state index in [1.165, 1.54) is 4.57 Å². The molecule has 0 saturated carbocycles. The van der Waals surface area contributed by atoms with Crippen molar-refractivity contribution in [3.05, 3.63) is 55.2 Å². The van der Waals surface area contributed by atoms with E-state index in [2.05, 4.69) is 15.9 Å². The van der Waals surface area contributed by atoms with Crippen molar-refractivity contribution in [1.29, 1.82) is 0 Å². The highest BCUT2D eigenvalue weighted by Crippen LogP contribution is 2.30. The van der Waals surface area contributed by atoms with Crippen molar-refractivity contribution in [1.82, 2.24) is 4.57 Å². The van der Waals surface area contributed by atoms with Crippen LogP contribution in [-0.2, 0) is 7.05 Å². The Balaban J connectivity index is 2.69. The molecule has 0 amide bonds. The lowest BCUT2D eigenvalue weighted by molar-refractivity contribution is 0.870. The van der Waals surface area contributed by atoms with Crippen LogP contribution in [0.3, 0.4) is 0 Å². The van der Waals surface area contributed by atoms with Gasteiger partial charge in [-0.1, -0.05) is 45.2 Å². The van der Waals surface area contributed by atoms with E-state index in [-0.39, 0.29) is 10.6 Å². The minimum Gasteiger partial charge on any atom is -0.310 e. The number of hydrogen-bond donors (Lipinski definition) is 0. The summed E-state index contributed by atoms with van der Waals surface area (Å²) in [4.78, 5) is 11.7. The lowest BCUT2D eigenvalue weighted by Gasteiger charge is -2.10. The number of aromatic nitrogens is 1. The summed E-state index contributed by atoms with van der Waals surface area (Å²) >= 11 is 15.1. The Morgan fingerprint density at radius 3 is 2.53 bits per heavy atom. The van der Waals surface area contributed by atoms with Crippen LogP contribution in [0.1, 0.15) is 0 Å². The standard InChI is InChI=1S/C12H8BrCl2NO/c1-16-11(5-4-10(15)12(16)17)8-3-2-7(14)6-9(8)13/h2-6H,1H3. The molecule has 0 radical (unpaired) electrons. The third-order valence-electron chi connectivity index (χ3n) is 2.46. The second kappa shape index (κ2) is 4.84. The largest absolute Gasteiger partial charge is 0.310 e. The maximum Gasteiger partial charge on any atom is 0.269 e. The summed E-state index contributed by atoms with van der Waals surface area (Å²) in [5.41, 5.74) is 1.46. The third kappa shape index (κ3) is 2.41. The van der Waals surface area contributed by atoms with Crippen LogP contribution in [0, 0.1) is 0 Å². The predicted molar refractivity (Wildman–Crippen MR) is 74.8 cm³/mol. The molecule has 17 heavy (non-hydrogen) atoms. The van der Waals surface area contributed by atoms with Crippen LogP contribution in [0.25, 0.3) is 11.3 Å². The van der Waals surface area contributed by atoms with Crippen LogP contribution in [0.2, 0.25) is 10.0 Å². The Kier molecular flexibility index (Phi) is 3.61. The van der Waals surface area contributed by atoms with E-state index in [4.69, 9.17) is 23.2 Å². The smallest absolute Gasteiger partial charge is 0.269 e. The van der Waals surface area contributed by atoms with E-state index < -0.39 is 0 Å². The van der Waals surface area contributed by atoms with Crippen LogP contribution in [0.4, 0.5) is 0 Å². The first-order chi connectivity index (χ1) is 8.00. The molecule has 2 aromatic rings. The molecule has 5 heteroatoms. The molecule has 1 aromatic heterocycles. The zero-order valence-electron chi connectivity index (χ0n) is 8.88. The van der Waals surface area contributed by atoms with Gasteiger partial charge in [0, 0.05) is 22.1 Å². The topological polar surface area (TPSA) is 22.0 Å². The summed E-state index contributed by atoms with van der Waals surface area (Å²) in [6.07, 6.45) is 0. The minimum absolute atomic E-state index is 0.210. The average Bonchev–Trinajstić information content (AvgIpc) is 2.28. The lowest BCUT2D eigenvalue weighted by atomic mass is 10.1. The highest BCUT2D eigenvalue weighted by molar-refractivity contribution is 9.10. The summed E-state index contributed by atoms with van der Waals surface area (Å²) in [5, 5.41) is 0.848. The molecule has 0 saturated heterocycles. The monoisotopic (exact) mass is 331 g/mol. The van der Waals surface area contributed by atoms with E-state index in [0.29, 0.717) is 5.02 Å². The Morgan fingerprint density at radius 2 is 1.88 bits per heavy atom.